The van der Waals surface area contributed by atoms with E-state index in [4.69, 9.17) is 10.5 Å². The molecule has 1 aromatic rings. The Morgan fingerprint density at radius 2 is 1.73 bits per heavy atom. The molecule has 2 atom stereocenters. The third-order valence-electron chi connectivity index (χ3n) is 2.82. The number of benzene rings is 1. The van der Waals surface area contributed by atoms with Crippen LogP contribution in [0.3, 0.4) is 0 Å². The van der Waals surface area contributed by atoms with Crippen LogP contribution in [0.15, 0.2) is 12.1 Å². The number of nitrogens with two attached hydrogens (primary N) is 1. The fourth-order valence-corrected chi connectivity index (χ4v) is 1.43. The van der Waals surface area contributed by atoms with E-state index in [0.717, 1.165) is 5.75 Å². The molecule has 2 heteroatoms. The zero-order valence-electron chi connectivity index (χ0n) is 10.3. The molecule has 2 nitrogen and oxygen atoms in total. The second kappa shape index (κ2) is 4.67. The number of hydrogen-bond acceptors (Lipinski definition) is 2. The van der Waals surface area contributed by atoms with Crippen LogP contribution in [0, 0.1) is 20.8 Å². The zero-order chi connectivity index (χ0) is 11.6. The van der Waals surface area contributed by atoms with E-state index < -0.39 is 0 Å². The van der Waals surface area contributed by atoms with Gasteiger partial charge >= 0.3 is 0 Å². The normalized spacial score (nSPS) is 14.8. The summed E-state index contributed by atoms with van der Waals surface area (Å²) in [6, 6.07) is 4.28. The standard InChI is InChI=1S/C13H21NO/c1-8-6-9(2)10(3)13(7-8)15-12(5)11(4)14/h6-7,11-12H,14H2,1-5H3. The maximum absolute atomic E-state index is 5.84. The molecule has 0 fully saturated rings. The highest BCUT2D eigenvalue weighted by atomic mass is 16.5. The first-order valence-corrected chi connectivity index (χ1v) is 5.42. The Morgan fingerprint density at radius 1 is 1.13 bits per heavy atom. The van der Waals surface area contributed by atoms with Gasteiger partial charge in [0.05, 0.1) is 0 Å². The summed E-state index contributed by atoms with van der Waals surface area (Å²) in [7, 11) is 0. The van der Waals surface area contributed by atoms with Gasteiger partial charge in [0.15, 0.2) is 0 Å². The molecule has 0 saturated carbocycles. The van der Waals surface area contributed by atoms with E-state index in [-0.39, 0.29) is 12.1 Å². The second-order valence-corrected chi connectivity index (χ2v) is 4.39. The van der Waals surface area contributed by atoms with Crippen molar-refractivity contribution in [1.29, 1.82) is 0 Å². The summed E-state index contributed by atoms with van der Waals surface area (Å²) in [5.41, 5.74) is 9.48. The SMILES string of the molecule is Cc1cc(C)c(C)c(OC(C)C(C)N)c1. The second-order valence-electron chi connectivity index (χ2n) is 4.39. The van der Waals surface area contributed by atoms with Crippen molar-refractivity contribution in [1.82, 2.24) is 0 Å². The molecule has 0 heterocycles. The third-order valence-corrected chi connectivity index (χ3v) is 2.82. The smallest absolute Gasteiger partial charge is 0.123 e. The average Bonchev–Trinajstić information content (AvgIpc) is 2.13. The van der Waals surface area contributed by atoms with Crippen molar-refractivity contribution in [3.8, 4) is 5.75 Å². The lowest BCUT2D eigenvalue weighted by Gasteiger charge is -2.20. The summed E-state index contributed by atoms with van der Waals surface area (Å²) < 4.78 is 5.84. The maximum Gasteiger partial charge on any atom is 0.123 e. The highest BCUT2D eigenvalue weighted by molar-refractivity contribution is 5.42. The first-order chi connectivity index (χ1) is 6.91. The van der Waals surface area contributed by atoms with Crippen molar-refractivity contribution >= 4 is 0 Å². The van der Waals surface area contributed by atoms with Crippen LogP contribution < -0.4 is 10.5 Å². The van der Waals surface area contributed by atoms with Crippen LogP contribution in [-0.4, -0.2) is 12.1 Å². The van der Waals surface area contributed by atoms with Crippen LogP contribution in [0.1, 0.15) is 30.5 Å². The van der Waals surface area contributed by atoms with Gasteiger partial charge in [-0.2, -0.15) is 0 Å². The minimum atomic E-state index is 0.0462. The number of aryl methyl sites for hydroxylation is 2. The van der Waals surface area contributed by atoms with Crippen molar-refractivity contribution in [2.24, 2.45) is 5.73 Å². The quantitative estimate of drug-likeness (QED) is 0.827. The fourth-order valence-electron chi connectivity index (χ4n) is 1.43. The lowest BCUT2D eigenvalue weighted by atomic mass is 10.1. The van der Waals surface area contributed by atoms with Gasteiger partial charge in [0.25, 0.3) is 0 Å². The van der Waals surface area contributed by atoms with Crippen LogP contribution in [0.4, 0.5) is 0 Å². The van der Waals surface area contributed by atoms with E-state index in [0.29, 0.717) is 0 Å². The van der Waals surface area contributed by atoms with Gasteiger partial charge in [-0.3, -0.25) is 0 Å². The lowest BCUT2D eigenvalue weighted by Crippen LogP contribution is -2.33. The van der Waals surface area contributed by atoms with Crippen molar-refractivity contribution in [2.45, 2.75) is 46.8 Å². The van der Waals surface area contributed by atoms with Crippen molar-refractivity contribution in [2.75, 3.05) is 0 Å². The predicted octanol–water partition coefficient (Wildman–Crippen LogP) is 2.73. The van der Waals surface area contributed by atoms with Crippen molar-refractivity contribution in [3.63, 3.8) is 0 Å². The fraction of sp³-hybridized carbons (Fsp3) is 0.538. The molecule has 2 unspecified atom stereocenters. The highest BCUT2D eigenvalue weighted by Crippen LogP contribution is 2.24. The number of hydrogen-bond donors (Lipinski definition) is 1. The summed E-state index contributed by atoms with van der Waals surface area (Å²) in [6.45, 7) is 10.2. The van der Waals surface area contributed by atoms with Gasteiger partial charge in [-0.1, -0.05) is 6.07 Å². The Hall–Kier alpha value is -1.02. The zero-order valence-corrected chi connectivity index (χ0v) is 10.3. The van der Waals surface area contributed by atoms with E-state index in [2.05, 4.69) is 32.9 Å². The summed E-state index contributed by atoms with van der Waals surface area (Å²) >= 11 is 0. The molecule has 1 aromatic carbocycles. The summed E-state index contributed by atoms with van der Waals surface area (Å²) in [6.07, 6.45) is 0.0462. The molecule has 0 aliphatic rings. The van der Waals surface area contributed by atoms with E-state index in [9.17, 15) is 0 Å². The largest absolute Gasteiger partial charge is 0.489 e. The minimum Gasteiger partial charge on any atom is -0.489 e. The molecule has 0 aromatic heterocycles. The summed E-state index contributed by atoms with van der Waals surface area (Å²) in [5.74, 6) is 0.956. The molecule has 0 aliphatic carbocycles. The van der Waals surface area contributed by atoms with Gasteiger partial charge in [0, 0.05) is 6.04 Å². The Balaban J connectivity index is 2.94. The molecule has 0 radical (unpaired) electrons. The van der Waals surface area contributed by atoms with Gasteiger partial charge in [-0.15, -0.1) is 0 Å². The maximum atomic E-state index is 5.84. The molecule has 0 bridgehead atoms. The topological polar surface area (TPSA) is 35.2 Å². The van der Waals surface area contributed by atoms with Gasteiger partial charge < -0.3 is 10.5 Å². The Morgan fingerprint density at radius 3 is 2.27 bits per heavy atom. The van der Waals surface area contributed by atoms with Gasteiger partial charge in [0.2, 0.25) is 0 Å². The number of rotatable bonds is 3. The van der Waals surface area contributed by atoms with E-state index in [1.807, 2.05) is 13.8 Å². The molecule has 0 saturated heterocycles. The van der Waals surface area contributed by atoms with E-state index in [1.54, 1.807) is 0 Å². The molecular formula is C13H21NO. The van der Waals surface area contributed by atoms with Gasteiger partial charge in [-0.25, -0.2) is 0 Å². The average molecular weight is 207 g/mol. The highest BCUT2D eigenvalue weighted by Gasteiger charge is 2.11. The third kappa shape index (κ3) is 2.96. The molecule has 1 rings (SSSR count). The Bertz CT molecular complexity index is 345. The van der Waals surface area contributed by atoms with Crippen LogP contribution in [-0.2, 0) is 0 Å². The molecule has 0 spiro atoms. The van der Waals surface area contributed by atoms with Crippen molar-refractivity contribution in [3.05, 3.63) is 28.8 Å². The molecule has 2 N–H and O–H groups in total. The molecule has 0 amide bonds. The molecule has 84 valence electrons. The van der Waals surface area contributed by atoms with Crippen LogP contribution in [0.5, 0.6) is 5.75 Å². The molecular weight excluding hydrogens is 186 g/mol. The summed E-state index contributed by atoms with van der Waals surface area (Å²) in [4.78, 5) is 0. The van der Waals surface area contributed by atoms with E-state index in [1.165, 1.54) is 16.7 Å². The van der Waals surface area contributed by atoms with Gasteiger partial charge in [0.1, 0.15) is 11.9 Å². The predicted molar refractivity (Wildman–Crippen MR) is 64.4 cm³/mol. The monoisotopic (exact) mass is 207 g/mol. The van der Waals surface area contributed by atoms with Crippen LogP contribution in [0.25, 0.3) is 0 Å². The summed E-state index contributed by atoms with van der Waals surface area (Å²) in [5, 5.41) is 0. The van der Waals surface area contributed by atoms with E-state index >= 15 is 0 Å². The van der Waals surface area contributed by atoms with Crippen LogP contribution >= 0.6 is 0 Å². The number of ether oxygens (including phenoxy) is 1. The van der Waals surface area contributed by atoms with Crippen molar-refractivity contribution < 1.29 is 4.74 Å². The molecule has 0 aliphatic heterocycles. The van der Waals surface area contributed by atoms with Crippen LogP contribution in [0.2, 0.25) is 0 Å². The minimum absolute atomic E-state index is 0.0462. The Kier molecular flexibility index (Phi) is 3.75. The Labute approximate surface area is 92.4 Å². The lowest BCUT2D eigenvalue weighted by molar-refractivity contribution is 0.195. The van der Waals surface area contributed by atoms with Gasteiger partial charge in [-0.05, 0) is 57.4 Å². The molecule has 15 heavy (non-hydrogen) atoms. The first-order valence-electron chi connectivity index (χ1n) is 5.42. The first kappa shape index (κ1) is 12.1.